The van der Waals surface area contributed by atoms with E-state index in [1.807, 2.05) is 48.7 Å². The lowest BCUT2D eigenvalue weighted by Gasteiger charge is -2.08. The molecule has 0 radical (unpaired) electrons. The number of methoxy groups -OCH3 is 1. The summed E-state index contributed by atoms with van der Waals surface area (Å²) in [6.07, 6.45) is 0. The maximum absolute atomic E-state index is 11.2. The molecule has 0 bridgehead atoms. The average Bonchev–Trinajstić information content (AvgIpc) is 3.03. The van der Waals surface area contributed by atoms with Crippen LogP contribution in [0.15, 0.2) is 47.8 Å². The van der Waals surface area contributed by atoms with Gasteiger partial charge < -0.3 is 15.4 Å². The van der Waals surface area contributed by atoms with Crippen molar-refractivity contribution in [3.05, 3.63) is 53.4 Å². The van der Waals surface area contributed by atoms with Gasteiger partial charge in [-0.25, -0.2) is 4.98 Å². The molecule has 3 aromatic rings. The number of rotatable bonds is 5. The van der Waals surface area contributed by atoms with E-state index in [-0.39, 0.29) is 5.91 Å². The number of carbonyl (C=O) groups is 1. The van der Waals surface area contributed by atoms with Crippen LogP contribution in [0.1, 0.15) is 12.5 Å². The predicted molar refractivity (Wildman–Crippen MR) is 103 cm³/mol. The fourth-order valence-corrected chi connectivity index (χ4v) is 3.21. The highest BCUT2D eigenvalue weighted by molar-refractivity contribution is 7.14. The van der Waals surface area contributed by atoms with Gasteiger partial charge in [0.05, 0.1) is 12.8 Å². The Morgan fingerprint density at radius 2 is 1.96 bits per heavy atom. The van der Waals surface area contributed by atoms with Crippen molar-refractivity contribution in [2.24, 2.45) is 0 Å². The summed E-state index contributed by atoms with van der Waals surface area (Å²) in [6, 6.07) is 13.6. The van der Waals surface area contributed by atoms with Crippen LogP contribution in [-0.4, -0.2) is 18.0 Å². The van der Waals surface area contributed by atoms with E-state index in [1.54, 1.807) is 7.11 Å². The number of benzene rings is 2. The van der Waals surface area contributed by atoms with Crippen molar-refractivity contribution in [1.29, 1.82) is 0 Å². The van der Waals surface area contributed by atoms with Gasteiger partial charge in [0.1, 0.15) is 5.75 Å². The fourth-order valence-electron chi connectivity index (χ4n) is 2.48. The number of amides is 1. The first-order chi connectivity index (χ1) is 12.0. The zero-order valence-corrected chi connectivity index (χ0v) is 15.1. The maximum Gasteiger partial charge on any atom is 0.221 e. The maximum atomic E-state index is 11.2. The predicted octanol–water partition coefficient (Wildman–Crippen LogP) is 4.83. The minimum Gasteiger partial charge on any atom is -0.496 e. The largest absolute Gasteiger partial charge is 0.496 e. The summed E-state index contributed by atoms with van der Waals surface area (Å²) < 4.78 is 5.44. The molecule has 0 saturated carbocycles. The van der Waals surface area contributed by atoms with Gasteiger partial charge in [0, 0.05) is 29.2 Å². The van der Waals surface area contributed by atoms with Crippen LogP contribution in [-0.2, 0) is 4.79 Å². The third-order valence-electron chi connectivity index (χ3n) is 3.57. The number of ether oxygens (including phenoxy) is 1. The van der Waals surface area contributed by atoms with Crippen molar-refractivity contribution in [3.63, 3.8) is 0 Å². The summed E-state index contributed by atoms with van der Waals surface area (Å²) >= 11 is 1.52. The molecule has 0 fully saturated rings. The summed E-state index contributed by atoms with van der Waals surface area (Å²) in [5, 5.41) is 8.82. The standard InChI is InChI=1S/C19H19N3O2S/c1-12-7-8-18(24-3)16(9-12)17-11-25-19(22-17)21-15-6-4-5-14(10-15)20-13(2)23/h4-11H,1-3H3,(H,20,23)(H,21,22). The van der Waals surface area contributed by atoms with Gasteiger partial charge in [-0.15, -0.1) is 11.3 Å². The number of carbonyl (C=O) groups excluding carboxylic acids is 1. The summed E-state index contributed by atoms with van der Waals surface area (Å²) in [5.41, 5.74) is 4.60. The van der Waals surface area contributed by atoms with Gasteiger partial charge in [0.15, 0.2) is 5.13 Å². The molecule has 0 aliphatic heterocycles. The molecule has 2 aromatic carbocycles. The Balaban J connectivity index is 1.83. The van der Waals surface area contributed by atoms with E-state index in [0.717, 1.165) is 39.1 Å². The van der Waals surface area contributed by atoms with E-state index in [1.165, 1.54) is 18.3 Å². The molecule has 5 nitrogen and oxygen atoms in total. The molecule has 0 spiro atoms. The molecule has 0 unspecified atom stereocenters. The van der Waals surface area contributed by atoms with E-state index in [4.69, 9.17) is 4.74 Å². The van der Waals surface area contributed by atoms with Gasteiger partial charge >= 0.3 is 0 Å². The van der Waals surface area contributed by atoms with Crippen LogP contribution in [0.3, 0.4) is 0 Å². The number of nitrogens with zero attached hydrogens (tertiary/aromatic N) is 1. The molecule has 1 heterocycles. The molecule has 0 aliphatic carbocycles. The molecule has 3 rings (SSSR count). The Hall–Kier alpha value is -2.86. The lowest BCUT2D eigenvalue weighted by Crippen LogP contribution is -2.05. The second-order valence-electron chi connectivity index (χ2n) is 5.63. The summed E-state index contributed by atoms with van der Waals surface area (Å²) in [4.78, 5) is 15.8. The quantitative estimate of drug-likeness (QED) is 0.690. The van der Waals surface area contributed by atoms with Gasteiger partial charge in [-0.3, -0.25) is 4.79 Å². The summed E-state index contributed by atoms with van der Waals surface area (Å²) in [5.74, 6) is 0.704. The highest BCUT2D eigenvalue weighted by atomic mass is 32.1. The minimum atomic E-state index is -0.0970. The van der Waals surface area contributed by atoms with E-state index in [0.29, 0.717) is 0 Å². The number of nitrogens with one attached hydrogen (secondary N) is 2. The van der Waals surface area contributed by atoms with Crippen LogP contribution in [0.2, 0.25) is 0 Å². The monoisotopic (exact) mass is 353 g/mol. The number of aromatic nitrogens is 1. The molecule has 0 aliphatic rings. The Morgan fingerprint density at radius 3 is 2.72 bits per heavy atom. The van der Waals surface area contributed by atoms with Crippen molar-refractivity contribution in [2.75, 3.05) is 17.7 Å². The highest BCUT2D eigenvalue weighted by Crippen LogP contribution is 2.34. The second-order valence-corrected chi connectivity index (χ2v) is 6.49. The first-order valence-corrected chi connectivity index (χ1v) is 8.68. The molecular formula is C19H19N3O2S. The molecule has 25 heavy (non-hydrogen) atoms. The van der Waals surface area contributed by atoms with Gasteiger partial charge in [-0.2, -0.15) is 0 Å². The number of thiazole rings is 1. The van der Waals surface area contributed by atoms with Crippen LogP contribution in [0.5, 0.6) is 5.75 Å². The Kier molecular flexibility index (Phi) is 5.00. The Morgan fingerprint density at radius 1 is 1.16 bits per heavy atom. The summed E-state index contributed by atoms with van der Waals surface area (Å²) in [6.45, 7) is 3.53. The lowest BCUT2D eigenvalue weighted by molar-refractivity contribution is -0.114. The van der Waals surface area contributed by atoms with Crippen molar-refractivity contribution in [2.45, 2.75) is 13.8 Å². The molecule has 0 saturated heterocycles. The van der Waals surface area contributed by atoms with Crippen LogP contribution >= 0.6 is 11.3 Å². The first kappa shape index (κ1) is 17.0. The van der Waals surface area contributed by atoms with Crippen LogP contribution in [0.25, 0.3) is 11.3 Å². The first-order valence-electron chi connectivity index (χ1n) is 7.80. The highest BCUT2D eigenvalue weighted by Gasteiger charge is 2.11. The topological polar surface area (TPSA) is 63.2 Å². The zero-order chi connectivity index (χ0) is 17.8. The average molecular weight is 353 g/mol. The van der Waals surface area contributed by atoms with Crippen LogP contribution in [0.4, 0.5) is 16.5 Å². The molecule has 1 amide bonds. The smallest absolute Gasteiger partial charge is 0.221 e. The van der Waals surface area contributed by atoms with Crippen molar-refractivity contribution >= 4 is 33.8 Å². The third kappa shape index (κ3) is 4.16. The van der Waals surface area contributed by atoms with E-state index in [2.05, 4.69) is 21.7 Å². The number of anilines is 3. The van der Waals surface area contributed by atoms with Crippen molar-refractivity contribution in [3.8, 4) is 17.0 Å². The van der Waals surface area contributed by atoms with Gasteiger partial charge in [-0.1, -0.05) is 17.7 Å². The second kappa shape index (κ2) is 7.36. The van der Waals surface area contributed by atoms with E-state index < -0.39 is 0 Å². The number of hydrogen-bond acceptors (Lipinski definition) is 5. The molecule has 128 valence electrons. The SMILES string of the molecule is COc1ccc(C)cc1-c1csc(Nc2cccc(NC(C)=O)c2)n1. The Labute approximate surface area is 150 Å². The normalized spacial score (nSPS) is 10.4. The molecular weight excluding hydrogens is 334 g/mol. The Bertz CT molecular complexity index is 905. The number of hydrogen-bond donors (Lipinski definition) is 2. The van der Waals surface area contributed by atoms with Crippen molar-refractivity contribution < 1.29 is 9.53 Å². The van der Waals surface area contributed by atoms with E-state index >= 15 is 0 Å². The molecule has 1 aromatic heterocycles. The zero-order valence-electron chi connectivity index (χ0n) is 14.3. The number of aryl methyl sites for hydroxylation is 1. The van der Waals surface area contributed by atoms with Gasteiger partial charge in [0.25, 0.3) is 0 Å². The molecule has 2 N–H and O–H groups in total. The summed E-state index contributed by atoms with van der Waals surface area (Å²) in [7, 11) is 1.66. The third-order valence-corrected chi connectivity index (χ3v) is 4.33. The van der Waals surface area contributed by atoms with E-state index in [9.17, 15) is 4.79 Å². The fraction of sp³-hybridized carbons (Fsp3) is 0.158. The van der Waals surface area contributed by atoms with Gasteiger partial charge in [-0.05, 0) is 37.3 Å². The van der Waals surface area contributed by atoms with Crippen LogP contribution in [0, 0.1) is 6.92 Å². The lowest BCUT2D eigenvalue weighted by atomic mass is 10.1. The minimum absolute atomic E-state index is 0.0970. The molecule has 0 atom stereocenters. The van der Waals surface area contributed by atoms with Gasteiger partial charge in [0.2, 0.25) is 5.91 Å². The van der Waals surface area contributed by atoms with Crippen molar-refractivity contribution in [1.82, 2.24) is 4.98 Å². The van der Waals surface area contributed by atoms with Crippen LogP contribution < -0.4 is 15.4 Å². The molecule has 6 heteroatoms.